The number of nitro benzene ring substituents is 1. The van der Waals surface area contributed by atoms with E-state index in [9.17, 15) is 19.7 Å². The zero-order chi connectivity index (χ0) is 27.5. The largest absolute Gasteiger partial charge is 0.493 e. The van der Waals surface area contributed by atoms with Crippen molar-refractivity contribution in [2.24, 2.45) is 0 Å². The van der Waals surface area contributed by atoms with E-state index in [4.69, 9.17) is 13.9 Å². The standard InChI is InChI=1S/C29H25N3O7/c1-37-26-15-19-12-13-31(17-21(19)16-27(26)38-2)29(34)25-11-10-24(39-25)20-4-3-5-22(14-20)30-28(33)18-6-8-23(9-7-18)32(35)36/h3-11,14-16H,12-13,17H2,1-2H3,(H,30,33). The average Bonchev–Trinajstić information content (AvgIpc) is 3.46. The van der Waals surface area contributed by atoms with Crippen molar-refractivity contribution in [2.75, 3.05) is 26.1 Å². The molecule has 4 aromatic rings. The number of nitrogens with zero attached hydrogens (tertiary/aromatic N) is 2. The summed E-state index contributed by atoms with van der Waals surface area (Å²) in [5.74, 6) is 1.35. The third-order valence-corrected chi connectivity index (χ3v) is 6.57. The molecule has 39 heavy (non-hydrogen) atoms. The predicted molar refractivity (Wildman–Crippen MR) is 143 cm³/mol. The second-order valence-corrected chi connectivity index (χ2v) is 8.96. The van der Waals surface area contributed by atoms with Crippen LogP contribution in [0.1, 0.15) is 32.0 Å². The van der Waals surface area contributed by atoms with Crippen molar-refractivity contribution >= 4 is 23.2 Å². The zero-order valence-electron chi connectivity index (χ0n) is 21.3. The number of rotatable bonds is 7. The first-order valence-electron chi connectivity index (χ1n) is 12.2. The van der Waals surface area contributed by atoms with Gasteiger partial charge in [-0.05, 0) is 66.1 Å². The Bertz CT molecular complexity index is 1560. The lowest BCUT2D eigenvalue weighted by Crippen LogP contribution is -2.35. The first kappa shape index (κ1) is 25.5. The number of fused-ring (bicyclic) bond motifs is 1. The maximum absolute atomic E-state index is 13.2. The molecule has 1 N–H and O–H groups in total. The monoisotopic (exact) mass is 527 g/mol. The molecule has 3 aromatic carbocycles. The van der Waals surface area contributed by atoms with Crippen molar-refractivity contribution < 1.29 is 28.4 Å². The van der Waals surface area contributed by atoms with Gasteiger partial charge in [0.15, 0.2) is 17.3 Å². The van der Waals surface area contributed by atoms with Gasteiger partial charge in [-0.15, -0.1) is 0 Å². The molecule has 198 valence electrons. The second kappa shape index (κ2) is 10.7. The Balaban J connectivity index is 1.28. The van der Waals surface area contributed by atoms with Crippen molar-refractivity contribution in [3.63, 3.8) is 0 Å². The predicted octanol–water partition coefficient (Wildman–Crippen LogP) is 5.32. The Hall–Kier alpha value is -5.12. The minimum absolute atomic E-state index is 0.0922. The maximum Gasteiger partial charge on any atom is 0.289 e. The van der Waals surface area contributed by atoms with Gasteiger partial charge in [-0.1, -0.05) is 12.1 Å². The van der Waals surface area contributed by atoms with Crippen LogP contribution < -0.4 is 14.8 Å². The van der Waals surface area contributed by atoms with Crippen LogP contribution in [0.2, 0.25) is 0 Å². The number of nitrogens with one attached hydrogen (secondary N) is 1. The molecule has 0 atom stereocenters. The number of amides is 2. The first-order valence-corrected chi connectivity index (χ1v) is 12.2. The molecule has 0 bridgehead atoms. The van der Waals surface area contributed by atoms with Gasteiger partial charge in [0, 0.05) is 42.0 Å². The summed E-state index contributed by atoms with van der Waals surface area (Å²) in [4.78, 5) is 37.9. The Morgan fingerprint density at radius 3 is 2.36 bits per heavy atom. The van der Waals surface area contributed by atoms with Gasteiger partial charge in [-0.25, -0.2) is 0 Å². The third-order valence-electron chi connectivity index (χ3n) is 6.57. The molecule has 10 nitrogen and oxygen atoms in total. The molecule has 0 saturated heterocycles. The molecular formula is C29H25N3O7. The third kappa shape index (κ3) is 5.30. The highest BCUT2D eigenvalue weighted by atomic mass is 16.6. The number of hydrogen-bond donors (Lipinski definition) is 1. The maximum atomic E-state index is 13.2. The topological polar surface area (TPSA) is 124 Å². The molecule has 2 heterocycles. The number of ether oxygens (including phenoxy) is 2. The fourth-order valence-corrected chi connectivity index (χ4v) is 4.51. The number of carbonyl (C=O) groups is 2. The van der Waals surface area contributed by atoms with Crippen LogP contribution >= 0.6 is 0 Å². The number of benzene rings is 3. The summed E-state index contributed by atoms with van der Waals surface area (Å²) < 4.78 is 16.7. The SMILES string of the molecule is COc1cc2c(cc1OC)CN(C(=O)c1ccc(-c3cccc(NC(=O)c4ccc([N+](=O)[O-])cc4)c3)o1)CC2. The summed E-state index contributed by atoms with van der Waals surface area (Å²) in [5.41, 5.74) is 3.50. The molecule has 0 aliphatic carbocycles. The van der Waals surface area contributed by atoms with Crippen LogP contribution in [-0.2, 0) is 13.0 Å². The highest BCUT2D eigenvalue weighted by Gasteiger charge is 2.26. The number of furan rings is 1. The van der Waals surface area contributed by atoms with Crippen LogP contribution in [0.5, 0.6) is 11.5 Å². The van der Waals surface area contributed by atoms with Crippen LogP contribution in [0.4, 0.5) is 11.4 Å². The van der Waals surface area contributed by atoms with Gasteiger partial charge in [0.05, 0.1) is 19.1 Å². The molecule has 0 radical (unpaired) electrons. The van der Waals surface area contributed by atoms with Gasteiger partial charge in [-0.3, -0.25) is 19.7 Å². The van der Waals surface area contributed by atoms with Gasteiger partial charge in [0.2, 0.25) is 0 Å². The number of nitro groups is 1. The lowest BCUT2D eigenvalue weighted by Gasteiger charge is -2.29. The van der Waals surface area contributed by atoms with Crippen LogP contribution in [0.25, 0.3) is 11.3 Å². The zero-order valence-corrected chi connectivity index (χ0v) is 21.3. The van der Waals surface area contributed by atoms with Crippen molar-refractivity contribution in [2.45, 2.75) is 13.0 Å². The molecule has 2 amide bonds. The second-order valence-electron chi connectivity index (χ2n) is 8.96. The molecular weight excluding hydrogens is 502 g/mol. The van der Waals surface area contributed by atoms with E-state index in [1.165, 1.54) is 24.3 Å². The molecule has 0 spiro atoms. The lowest BCUT2D eigenvalue weighted by molar-refractivity contribution is -0.384. The molecule has 0 saturated carbocycles. The Morgan fingerprint density at radius 1 is 0.949 bits per heavy atom. The number of anilines is 1. The smallest absolute Gasteiger partial charge is 0.289 e. The normalized spacial score (nSPS) is 12.4. The van der Waals surface area contributed by atoms with Crippen LogP contribution in [-0.4, -0.2) is 42.4 Å². The number of non-ortho nitro benzene ring substituents is 1. The highest BCUT2D eigenvalue weighted by molar-refractivity contribution is 6.04. The summed E-state index contributed by atoms with van der Waals surface area (Å²) in [6, 6.07) is 19.6. The van der Waals surface area contributed by atoms with E-state index < -0.39 is 10.8 Å². The van der Waals surface area contributed by atoms with E-state index in [0.29, 0.717) is 48.0 Å². The molecule has 1 aliphatic heterocycles. The Morgan fingerprint density at radius 2 is 1.67 bits per heavy atom. The van der Waals surface area contributed by atoms with E-state index in [0.717, 1.165) is 11.1 Å². The molecule has 1 aliphatic rings. The minimum atomic E-state index is -0.522. The van der Waals surface area contributed by atoms with Gasteiger partial charge in [0.1, 0.15) is 5.76 Å². The summed E-state index contributed by atoms with van der Waals surface area (Å²) >= 11 is 0. The quantitative estimate of drug-likeness (QED) is 0.255. The van der Waals surface area contributed by atoms with Crippen LogP contribution in [0, 0.1) is 10.1 Å². The van der Waals surface area contributed by atoms with Crippen LogP contribution in [0.3, 0.4) is 0 Å². The molecule has 10 heteroatoms. The lowest BCUT2D eigenvalue weighted by atomic mass is 9.98. The van der Waals surface area contributed by atoms with Crippen molar-refractivity contribution in [3.05, 3.63) is 105 Å². The average molecular weight is 528 g/mol. The van der Waals surface area contributed by atoms with Gasteiger partial charge in [0.25, 0.3) is 17.5 Å². The Kier molecular flexibility index (Phi) is 7.00. The summed E-state index contributed by atoms with van der Waals surface area (Å²) in [7, 11) is 3.18. The molecule has 1 aromatic heterocycles. The van der Waals surface area contributed by atoms with E-state index >= 15 is 0 Å². The first-order chi connectivity index (χ1) is 18.9. The van der Waals surface area contributed by atoms with E-state index in [-0.39, 0.29) is 22.9 Å². The van der Waals surface area contributed by atoms with Crippen LogP contribution in [0.15, 0.2) is 77.2 Å². The molecule has 0 unspecified atom stereocenters. The number of hydrogen-bond acceptors (Lipinski definition) is 7. The summed E-state index contributed by atoms with van der Waals surface area (Å²) in [6.45, 7) is 0.968. The van der Waals surface area contributed by atoms with Gasteiger partial charge < -0.3 is 24.1 Å². The number of carbonyl (C=O) groups excluding carboxylic acids is 2. The fraction of sp³-hybridized carbons (Fsp3) is 0.172. The Labute approximate surface area is 223 Å². The van der Waals surface area contributed by atoms with Crippen molar-refractivity contribution in [1.29, 1.82) is 0 Å². The highest BCUT2D eigenvalue weighted by Crippen LogP contribution is 2.34. The molecule has 0 fully saturated rings. The van der Waals surface area contributed by atoms with Crippen molar-refractivity contribution in [1.82, 2.24) is 4.90 Å². The minimum Gasteiger partial charge on any atom is -0.493 e. The summed E-state index contributed by atoms with van der Waals surface area (Å²) in [6.07, 6.45) is 0.686. The van der Waals surface area contributed by atoms with Crippen molar-refractivity contribution in [3.8, 4) is 22.8 Å². The van der Waals surface area contributed by atoms with Gasteiger partial charge in [-0.2, -0.15) is 0 Å². The van der Waals surface area contributed by atoms with Gasteiger partial charge >= 0.3 is 0 Å². The molecule has 5 rings (SSSR count). The summed E-state index contributed by atoms with van der Waals surface area (Å²) in [5, 5.41) is 13.6. The number of methoxy groups -OCH3 is 2. The van der Waals surface area contributed by atoms with E-state index in [2.05, 4.69) is 5.32 Å². The fourth-order valence-electron chi connectivity index (χ4n) is 4.51. The van der Waals surface area contributed by atoms with E-state index in [1.807, 2.05) is 18.2 Å². The van der Waals surface area contributed by atoms with E-state index in [1.54, 1.807) is 49.5 Å².